The Morgan fingerprint density at radius 3 is 2.44 bits per heavy atom. The van der Waals surface area contributed by atoms with E-state index < -0.39 is 0 Å². The minimum atomic E-state index is -0.0386. The van der Waals surface area contributed by atoms with Crippen molar-refractivity contribution in [3.63, 3.8) is 0 Å². The van der Waals surface area contributed by atoms with Crippen LogP contribution >= 0.6 is 0 Å². The summed E-state index contributed by atoms with van der Waals surface area (Å²) in [5.74, 6) is -0.0386. The van der Waals surface area contributed by atoms with Crippen LogP contribution in [0.2, 0.25) is 0 Å². The predicted molar refractivity (Wildman–Crippen MR) is 69.1 cm³/mol. The molecule has 0 spiro atoms. The van der Waals surface area contributed by atoms with Gasteiger partial charge in [0.2, 0.25) is 5.91 Å². The van der Waals surface area contributed by atoms with E-state index in [-0.39, 0.29) is 11.9 Å². The molecule has 3 heteroatoms. The van der Waals surface area contributed by atoms with Gasteiger partial charge in [-0.3, -0.25) is 4.79 Å². The Labute approximate surface area is 99.9 Å². The number of hydrogen-bond donors (Lipinski definition) is 1. The van der Waals surface area contributed by atoms with Crippen LogP contribution in [0.4, 0.5) is 0 Å². The molecule has 0 rings (SSSR count). The Morgan fingerprint density at radius 2 is 2.00 bits per heavy atom. The highest BCUT2D eigenvalue weighted by Gasteiger charge is 2.11. The summed E-state index contributed by atoms with van der Waals surface area (Å²) in [6.45, 7) is 10.3. The van der Waals surface area contributed by atoms with Crippen molar-refractivity contribution in [2.45, 2.75) is 38.6 Å². The molecule has 0 aromatic heterocycles. The summed E-state index contributed by atoms with van der Waals surface area (Å²) in [4.78, 5) is 13.6. The number of amides is 1. The quantitative estimate of drug-likeness (QED) is 0.641. The lowest BCUT2D eigenvalue weighted by Gasteiger charge is -2.19. The lowest BCUT2D eigenvalue weighted by Crippen LogP contribution is -2.35. The monoisotopic (exact) mass is 225 g/mol. The Morgan fingerprint density at radius 1 is 1.38 bits per heavy atom. The minimum Gasteiger partial charge on any atom is -0.350 e. The van der Waals surface area contributed by atoms with Crippen molar-refractivity contribution in [2.24, 2.45) is 0 Å². The van der Waals surface area contributed by atoms with Gasteiger partial charge in [0.1, 0.15) is 0 Å². The van der Waals surface area contributed by atoms with Gasteiger partial charge in [-0.15, -0.1) is 0 Å². The van der Waals surface area contributed by atoms with Crippen LogP contribution in [-0.2, 0) is 4.79 Å². The van der Waals surface area contributed by atoms with Gasteiger partial charge in [0.25, 0.3) is 0 Å². The van der Waals surface area contributed by atoms with Gasteiger partial charge in [0.15, 0.2) is 0 Å². The fraction of sp³-hybridized carbons (Fsp3) is 0.692. The molecular formula is C13H25N2O. The highest BCUT2D eigenvalue weighted by atomic mass is 16.1. The second kappa shape index (κ2) is 8.34. The summed E-state index contributed by atoms with van der Waals surface area (Å²) in [5, 5.41) is 2.99. The van der Waals surface area contributed by atoms with Crippen molar-refractivity contribution >= 4 is 5.91 Å². The fourth-order valence-electron chi connectivity index (χ4n) is 1.50. The molecule has 93 valence electrons. The molecule has 1 N–H and O–H groups in total. The maximum Gasteiger partial charge on any atom is 0.246 e. The SMILES string of the molecule is [CH2]CCC(CCCN(C)C)NC(=O)C(=C)C. The summed E-state index contributed by atoms with van der Waals surface area (Å²) < 4.78 is 0. The Kier molecular flexibility index (Phi) is 7.90. The lowest BCUT2D eigenvalue weighted by molar-refractivity contribution is -0.118. The zero-order chi connectivity index (χ0) is 12.6. The lowest BCUT2D eigenvalue weighted by atomic mass is 10.1. The van der Waals surface area contributed by atoms with Crippen LogP contribution in [0.1, 0.15) is 32.6 Å². The zero-order valence-corrected chi connectivity index (χ0v) is 10.9. The summed E-state index contributed by atoms with van der Waals surface area (Å²) in [6.07, 6.45) is 3.89. The zero-order valence-electron chi connectivity index (χ0n) is 10.9. The maximum absolute atomic E-state index is 11.5. The van der Waals surface area contributed by atoms with E-state index in [1.165, 1.54) is 0 Å². The largest absolute Gasteiger partial charge is 0.350 e. The summed E-state index contributed by atoms with van der Waals surface area (Å²) in [5.41, 5.74) is 0.571. The number of nitrogens with one attached hydrogen (secondary N) is 1. The molecule has 0 aromatic carbocycles. The second-order valence-electron chi connectivity index (χ2n) is 4.54. The number of hydrogen-bond acceptors (Lipinski definition) is 2. The maximum atomic E-state index is 11.5. The van der Waals surface area contributed by atoms with Crippen molar-refractivity contribution in [1.82, 2.24) is 10.2 Å². The van der Waals surface area contributed by atoms with E-state index in [9.17, 15) is 4.79 Å². The molecule has 1 radical (unpaired) electrons. The molecule has 0 aromatic rings. The van der Waals surface area contributed by atoms with E-state index in [2.05, 4.69) is 37.8 Å². The molecule has 1 atom stereocenters. The molecule has 0 aliphatic carbocycles. The van der Waals surface area contributed by atoms with Gasteiger partial charge in [-0.05, 0) is 46.8 Å². The molecule has 0 saturated heterocycles. The van der Waals surface area contributed by atoms with Crippen molar-refractivity contribution in [2.75, 3.05) is 20.6 Å². The van der Waals surface area contributed by atoms with Gasteiger partial charge in [-0.2, -0.15) is 0 Å². The third-order valence-corrected chi connectivity index (χ3v) is 2.43. The van der Waals surface area contributed by atoms with Crippen molar-refractivity contribution < 1.29 is 4.79 Å². The summed E-state index contributed by atoms with van der Waals surface area (Å²) in [7, 11) is 4.12. The summed E-state index contributed by atoms with van der Waals surface area (Å²) >= 11 is 0. The predicted octanol–water partition coefficient (Wildman–Crippen LogP) is 2.00. The van der Waals surface area contributed by atoms with Crippen molar-refractivity contribution in [3.05, 3.63) is 19.1 Å². The van der Waals surface area contributed by atoms with E-state index in [1.54, 1.807) is 6.92 Å². The average Bonchev–Trinajstić information content (AvgIpc) is 2.17. The molecule has 0 aliphatic heterocycles. The number of carbonyl (C=O) groups excluding carboxylic acids is 1. The summed E-state index contributed by atoms with van der Waals surface area (Å²) in [6, 6.07) is 0.238. The van der Waals surface area contributed by atoms with Crippen molar-refractivity contribution in [1.29, 1.82) is 0 Å². The smallest absolute Gasteiger partial charge is 0.246 e. The molecule has 1 unspecified atom stereocenters. The first kappa shape index (κ1) is 15.2. The average molecular weight is 225 g/mol. The van der Waals surface area contributed by atoms with Crippen molar-refractivity contribution in [3.8, 4) is 0 Å². The standard InChI is InChI=1S/C13H25N2O/c1-6-8-12(9-7-10-15(4)5)14-13(16)11(2)3/h12H,1-2,6-10H2,3-5H3,(H,14,16). The molecule has 0 saturated carbocycles. The van der Waals surface area contributed by atoms with Gasteiger partial charge in [0, 0.05) is 11.6 Å². The first-order valence-electron chi connectivity index (χ1n) is 5.87. The van der Waals surface area contributed by atoms with E-state index in [1.807, 2.05) is 0 Å². The molecule has 0 aliphatic rings. The highest BCUT2D eigenvalue weighted by molar-refractivity contribution is 5.92. The van der Waals surface area contributed by atoms with Crippen LogP contribution in [0.3, 0.4) is 0 Å². The van der Waals surface area contributed by atoms with Crippen LogP contribution in [0.25, 0.3) is 0 Å². The van der Waals surface area contributed by atoms with Crippen LogP contribution in [0.15, 0.2) is 12.2 Å². The van der Waals surface area contributed by atoms with Crippen LogP contribution in [0, 0.1) is 6.92 Å². The van der Waals surface area contributed by atoms with E-state index in [0.29, 0.717) is 5.57 Å². The third-order valence-electron chi connectivity index (χ3n) is 2.43. The van der Waals surface area contributed by atoms with E-state index in [4.69, 9.17) is 0 Å². The fourth-order valence-corrected chi connectivity index (χ4v) is 1.50. The van der Waals surface area contributed by atoms with E-state index in [0.717, 1.165) is 32.2 Å². The van der Waals surface area contributed by atoms with Crippen LogP contribution < -0.4 is 5.32 Å². The van der Waals surface area contributed by atoms with E-state index >= 15 is 0 Å². The first-order valence-corrected chi connectivity index (χ1v) is 5.87. The Hall–Kier alpha value is -0.830. The third kappa shape index (κ3) is 7.46. The highest BCUT2D eigenvalue weighted by Crippen LogP contribution is 2.06. The Balaban J connectivity index is 3.96. The molecule has 0 fully saturated rings. The number of nitrogens with zero attached hydrogens (tertiary/aromatic N) is 1. The van der Waals surface area contributed by atoms with Gasteiger partial charge >= 0.3 is 0 Å². The molecule has 16 heavy (non-hydrogen) atoms. The molecule has 0 bridgehead atoms. The molecule has 1 amide bonds. The normalized spacial score (nSPS) is 12.6. The van der Waals surface area contributed by atoms with Crippen LogP contribution in [-0.4, -0.2) is 37.5 Å². The molecular weight excluding hydrogens is 200 g/mol. The Bertz CT molecular complexity index is 224. The van der Waals surface area contributed by atoms with Gasteiger partial charge in [-0.1, -0.05) is 19.9 Å². The van der Waals surface area contributed by atoms with Crippen LogP contribution in [0.5, 0.6) is 0 Å². The molecule has 0 heterocycles. The van der Waals surface area contributed by atoms with Gasteiger partial charge in [0.05, 0.1) is 0 Å². The second-order valence-corrected chi connectivity index (χ2v) is 4.54. The minimum absolute atomic E-state index is 0.0386. The molecule has 3 nitrogen and oxygen atoms in total. The number of carbonyl (C=O) groups is 1. The van der Waals surface area contributed by atoms with Gasteiger partial charge < -0.3 is 10.2 Å². The van der Waals surface area contributed by atoms with Gasteiger partial charge in [-0.25, -0.2) is 0 Å². The topological polar surface area (TPSA) is 32.3 Å². The number of rotatable bonds is 8. The first-order chi connectivity index (χ1) is 7.47.